The molecule has 0 heterocycles. The van der Waals surface area contributed by atoms with Gasteiger partial charge >= 0.3 is 0 Å². The second-order valence-corrected chi connectivity index (χ2v) is 7.57. The largest absolute Gasteiger partial charge is 0.319 e. The zero-order chi connectivity index (χ0) is 18.6. The normalized spacial score (nSPS) is 11.6. The van der Waals surface area contributed by atoms with Crippen molar-refractivity contribution in [3.63, 3.8) is 0 Å². The maximum absolute atomic E-state index is 14.3. The number of halogens is 2. The molecule has 0 saturated carbocycles. The predicted molar refractivity (Wildman–Crippen MR) is 95.9 cm³/mol. The van der Waals surface area contributed by atoms with Crippen LogP contribution in [0.25, 0.3) is 0 Å². The number of amides is 1. The van der Waals surface area contributed by atoms with Crippen LogP contribution >= 0.6 is 11.6 Å². The van der Waals surface area contributed by atoms with Crippen molar-refractivity contribution in [3.05, 3.63) is 58.9 Å². The second-order valence-electron chi connectivity index (χ2n) is 5.19. The summed E-state index contributed by atoms with van der Waals surface area (Å²) >= 11 is 5.76. The highest BCUT2D eigenvalue weighted by Gasteiger charge is 2.23. The van der Waals surface area contributed by atoms with Crippen LogP contribution < -0.4 is 5.32 Å². The molecule has 25 heavy (non-hydrogen) atoms. The highest BCUT2D eigenvalue weighted by atomic mass is 35.5. The molecule has 0 saturated heterocycles. The molecule has 2 aromatic rings. The Balaban J connectivity index is 2.25. The molecule has 8 heteroatoms. The lowest BCUT2D eigenvalue weighted by molar-refractivity contribution is 0.102. The minimum absolute atomic E-state index is 0.0987. The molecule has 0 aromatic heterocycles. The van der Waals surface area contributed by atoms with E-state index in [1.54, 1.807) is 26.0 Å². The molecule has 0 spiro atoms. The summed E-state index contributed by atoms with van der Waals surface area (Å²) in [7, 11) is -3.76. The molecule has 1 amide bonds. The predicted octanol–water partition coefficient (Wildman–Crippen LogP) is 3.76. The fraction of sp³-hybridized carbons (Fsp3) is 0.235. The van der Waals surface area contributed by atoms with E-state index in [1.807, 2.05) is 0 Å². The van der Waals surface area contributed by atoms with Gasteiger partial charge in [0.2, 0.25) is 10.0 Å². The molecule has 0 aliphatic rings. The minimum Gasteiger partial charge on any atom is -0.319 e. The van der Waals surface area contributed by atoms with E-state index in [0.717, 1.165) is 6.07 Å². The van der Waals surface area contributed by atoms with E-state index in [9.17, 15) is 17.6 Å². The molecule has 1 N–H and O–H groups in total. The van der Waals surface area contributed by atoms with E-state index in [-0.39, 0.29) is 23.7 Å². The molecule has 2 rings (SSSR count). The number of hydrogen-bond acceptors (Lipinski definition) is 3. The highest BCUT2D eigenvalue weighted by molar-refractivity contribution is 7.89. The van der Waals surface area contributed by atoms with Crippen LogP contribution in [-0.4, -0.2) is 31.7 Å². The van der Waals surface area contributed by atoms with Gasteiger partial charge in [-0.2, -0.15) is 4.31 Å². The molecule has 0 atom stereocenters. The van der Waals surface area contributed by atoms with Gasteiger partial charge in [-0.15, -0.1) is 0 Å². The number of benzene rings is 2. The third kappa shape index (κ3) is 4.36. The first-order chi connectivity index (χ1) is 11.8. The Kier molecular flexibility index (Phi) is 6.16. The minimum atomic E-state index is -3.76. The van der Waals surface area contributed by atoms with E-state index in [4.69, 9.17) is 11.6 Å². The van der Waals surface area contributed by atoms with Crippen molar-refractivity contribution in [2.75, 3.05) is 18.4 Å². The average Bonchev–Trinajstić information content (AvgIpc) is 2.58. The van der Waals surface area contributed by atoms with Gasteiger partial charge in [0.1, 0.15) is 5.82 Å². The van der Waals surface area contributed by atoms with Crippen molar-refractivity contribution < 1.29 is 17.6 Å². The average molecular weight is 385 g/mol. The number of sulfonamides is 1. The SMILES string of the molecule is CCN(CC)S(=O)(=O)c1ccc(NC(=O)c2ccc(Cl)cc2)c(F)c1. The number of carbonyl (C=O) groups excluding carboxylic acids is 1. The molecule has 0 unspecified atom stereocenters. The molecule has 0 radical (unpaired) electrons. The Morgan fingerprint density at radius 1 is 1.12 bits per heavy atom. The van der Waals surface area contributed by atoms with Crippen LogP contribution in [0.1, 0.15) is 24.2 Å². The van der Waals surface area contributed by atoms with Crippen molar-refractivity contribution >= 4 is 33.2 Å². The topological polar surface area (TPSA) is 66.5 Å². The van der Waals surface area contributed by atoms with E-state index in [1.165, 1.54) is 28.6 Å². The summed E-state index contributed by atoms with van der Waals surface area (Å²) in [6, 6.07) is 9.53. The Labute approximate surface area is 151 Å². The van der Waals surface area contributed by atoms with E-state index in [2.05, 4.69) is 5.32 Å². The van der Waals surface area contributed by atoms with E-state index in [0.29, 0.717) is 10.6 Å². The second kappa shape index (κ2) is 7.95. The zero-order valence-corrected chi connectivity index (χ0v) is 15.4. The van der Waals surface area contributed by atoms with Gasteiger partial charge in [-0.1, -0.05) is 25.4 Å². The van der Waals surface area contributed by atoms with Crippen LogP contribution in [0.5, 0.6) is 0 Å². The molecular formula is C17H18ClFN2O3S. The van der Waals surface area contributed by atoms with Crippen molar-refractivity contribution in [3.8, 4) is 0 Å². The van der Waals surface area contributed by atoms with Crippen molar-refractivity contribution in [2.24, 2.45) is 0 Å². The summed E-state index contributed by atoms with van der Waals surface area (Å²) in [5.41, 5.74) is 0.210. The number of nitrogens with zero attached hydrogens (tertiary/aromatic N) is 1. The van der Waals surface area contributed by atoms with Crippen LogP contribution in [0.2, 0.25) is 5.02 Å². The quantitative estimate of drug-likeness (QED) is 0.824. The highest BCUT2D eigenvalue weighted by Crippen LogP contribution is 2.22. The Hall–Kier alpha value is -1.96. The maximum atomic E-state index is 14.3. The first-order valence-electron chi connectivity index (χ1n) is 7.66. The van der Waals surface area contributed by atoms with Crippen molar-refractivity contribution in [2.45, 2.75) is 18.7 Å². The van der Waals surface area contributed by atoms with Crippen LogP contribution in [-0.2, 0) is 10.0 Å². The fourth-order valence-corrected chi connectivity index (χ4v) is 3.86. The number of carbonyl (C=O) groups is 1. The lowest BCUT2D eigenvalue weighted by atomic mass is 10.2. The zero-order valence-electron chi connectivity index (χ0n) is 13.8. The molecular weight excluding hydrogens is 367 g/mol. The molecule has 5 nitrogen and oxygen atoms in total. The maximum Gasteiger partial charge on any atom is 0.255 e. The van der Waals surface area contributed by atoms with Crippen LogP contribution in [0.15, 0.2) is 47.4 Å². The van der Waals surface area contributed by atoms with Crippen molar-refractivity contribution in [1.29, 1.82) is 0 Å². The molecule has 0 aliphatic carbocycles. The lowest BCUT2D eigenvalue weighted by Gasteiger charge is -2.18. The number of nitrogens with one attached hydrogen (secondary N) is 1. The summed E-state index contributed by atoms with van der Waals surface area (Å²) in [5, 5.41) is 2.90. The van der Waals surface area contributed by atoms with Gasteiger partial charge in [0, 0.05) is 23.7 Å². The van der Waals surface area contributed by atoms with E-state index >= 15 is 0 Å². The monoisotopic (exact) mass is 384 g/mol. The summed E-state index contributed by atoms with van der Waals surface area (Å²) in [6.07, 6.45) is 0. The Morgan fingerprint density at radius 3 is 2.24 bits per heavy atom. The van der Waals surface area contributed by atoms with Crippen LogP contribution in [0, 0.1) is 5.82 Å². The lowest BCUT2D eigenvalue weighted by Crippen LogP contribution is -2.30. The first-order valence-corrected chi connectivity index (χ1v) is 9.48. The first kappa shape index (κ1) is 19.4. The molecule has 0 aliphatic heterocycles. The number of hydrogen-bond donors (Lipinski definition) is 1. The van der Waals surface area contributed by atoms with E-state index < -0.39 is 21.7 Å². The van der Waals surface area contributed by atoms with Crippen molar-refractivity contribution in [1.82, 2.24) is 4.31 Å². The van der Waals surface area contributed by atoms with Gasteiger partial charge in [-0.05, 0) is 42.5 Å². The third-order valence-corrected chi connectivity index (χ3v) is 5.94. The van der Waals surface area contributed by atoms with Gasteiger partial charge < -0.3 is 5.32 Å². The summed E-state index contributed by atoms with van der Waals surface area (Å²) in [5.74, 6) is -1.34. The van der Waals surface area contributed by atoms with Gasteiger partial charge in [-0.25, -0.2) is 12.8 Å². The number of anilines is 1. The standard InChI is InChI=1S/C17H18ClFN2O3S/c1-3-21(4-2)25(23,24)14-9-10-16(15(19)11-14)20-17(22)12-5-7-13(18)8-6-12/h5-11H,3-4H2,1-2H3,(H,20,22). The molecule has 134 valence electrons. The van der Waals surface area contributed by atoms with Gasteiger partial charge in [0.05, 0.1) is 10.6 Å². The van der Waals surface area contributed by atoms with Gasteiger partial charge in [0.15, 0.2) is 0 Å². The Bertz CT molecular complexity index is 866. The smallest absolute Gasteiger partial charge is 0.255 e. The molecule has 0 fully saturated rings. The number of rotatable bonds is 6. The fourth-order valence-electron chi connectivity index (χ4n) is 2.27. The molecule has 0 bridgehead atoms. The van der Waals surface area contributed by atoms with Crippen LogP contribution in [0.4, 0.5) is 10.1 Å². The Morgan fingerprint density at radius 2 is 1.72 bits per heavy atom. The third-order valence-electron chi connectivity index (χ3n) is 3.64. The molecule has 2 aromatic carbocycles. The summed E-state index contributed by atoms with van der Waals surface area (Å²) in [6.45, 7) is 3.99. The van der Waals surface area contributed by atoms with Gasteiger partial charge in [0.25, 0.3) is 5.91 Å². The van der Waals surface area contributed by atoms with Gasteiger partial charge in [-0.3, -0.25) is 4.79 Å². The van der Waals surface area contributed by atoms with Crippen LogP contribution in [0.3, 0.4) is 0 Å². The summed E-state index contributed by atoms with van der Waals surface area (Å²) < 4.78 is 40.3. The summed E-state index contributed by atoms with van der Waals surface area (Å²) in [4.78, 5) is 12.0.